The Bertz CT molecular complexity index is 299. The second-order valence-electron chi connectivity index (χ2n) is 5.30. The van der Waals surface area contributed by atoms with E-state index in [1.54, 1.807) is 20.8 Å². The van der Waals surface area contributed by atoms with E-state index >= 15 is 0 Å². The highest BCUT2D eigenvalue weighted by atomic mass is 16.6. The summed E-state index contributed by atoms with van der Waals surface area (Å²) in [6, 6.07) is -0.187. The number of nitrogens with one attached hydrogen (secondary N) is 2. The number of amides is 2. The molecule has 0 aromatic rings. The molecule has 0 heterocycles. The Hall–Kier alpha value is -1.30. The molecule has 1 aliphatic carbocycles. The average Bonchev–Trinajstić information content (AvgIpc) is 2.61. The number of nitrogens with two attached hydrogens (primary N) is 1. The summed E-state index contributed by atoms with van der Waals surface area (Å²) in [5.41, 5.74) is 1.59. The molecular formula is C11H21N3O3. The van der Waals surface area contributed by atoms with E-state index in [4.69, 9.17) is 10.6 Å². The molecule has 2 atom stereocenters. The van der Waals surface area contributed by atoms with Crippen LogP contribution in [0.15, 0.2) is 0 Å². The van der Waals surface area contributed by atoms with Crippen LogP contribution in [-0.2, 0) is 9.53 Å². The van der Waals surface area contributed by atoms with Crippen molar-refractivity contribution >= 4 is 12.0 Å². The first-order valence-electron chi connectivity index (χ1n) is 5.83. The molecule has 0 radical (unpaired) electrons. The summed E-state index contributed by atoms with van der Waals surface area (Å²) in [6.07, 6.45) is 1.93. The van der Waals surface area contributed by atoms with E-state index in [1.165, 1.54) is 0 Å². The Balaban J connectivity index is 2.50. The third kappa shape index (κ3) is 4.22. The second kappa shape index (κ2) is 5.35. The van der Waals surface area contributed by atoms with Crippen molar-refractivity contribution in [1.29, 1.82) is 0 Å². The maximum absolute atomic E-state index is 11.6. The normalized spacial score (nSPS) is 24.2. The number of hydrogen-bond acceptors (Lipinski definition) is 4. The van der Waals surface area contributed by atoms with Gasteiger partial charge in [-0.1, -0.05) is 6.42 Å². The molecule has 98 valence electrons. The largest absolute Gasteiger partial charge is 0.444 e. The van der Waals surface area contributed by atoms with Gasteiger partial charge in [0, 0.05) is 6.04 Å². The Labute approximate surface area is 101 Å². The van der Waals surface area contributed by atoms with Crippen molar-refractivity contribution < 1.29 is 14.3 Å². The van der Waals surface area contributed by atoms with Crippen LogP contribution >= 0.6 is 0 Å². The summed E-state index contributed by atoms with van der Waals surface area (Å²) in [5.74, 6) is 4.61. The number of carbonyl (C=O) groups is 2. The molecular weight excluding hydrogens is 222 g/mol. The summed E-state index contributed by atoms with van der Waals surface area (Å²) in [4.78, 5) is 23.0. The second-order valence-corrected chi connectivity index (χ2v) is 5.30. The van der Waals surface area contributed by atoms with E-state index in [9.17, 15) is 9.59 Å². The van der Waals surface area contributed by atoms with E-state index in [1.807, 2.05) is 0 Å². The van der Waals surface area contributed by atoms with Gasteiger partial charge in [0.05, 0.1) is 5.92 Å². The van der Waals surface area contributed by atoms with Gasteiger partial charge in [-0.2, -0.15) is 0 Å². The zero-order chi connectivity index (χ0) is 13.1. The highest BCUT2D eigenvalue weighted by Gasteiger charge is 2.34. The van der Waals surface area contributed by atoms with Crippen LogP contribution in [0.3, 0.4) is 0 Å². The van der Waals surface area contributed by atoms with Crippen LogP contribution in [0.25, 0.3) is 0 Å². The van der Waals surface area contributed by atoms with Gasteiger partial charge in [-0.3, -0.25) is 10.2 Å². The number of carbonyl (C=O) groups excluding carboxylic acids is 2. The fraction of sp³-hybridized carbons (Fsp3) is 0.818. The first kappa shape index (κ1) is 13.8. The number of alkyl carbamates (subject to hydrolysis) is 1. The first-order valence-corrected chi connectivity index (χ1v) is 5.83. The topological polar surface area (TPSA) is 93.4 Å². The van der Waals surface area contributed by atoms with Crippen LogP contribution in [-0.4, -0.2) is 23.6 Å². The first-order chi connectivity index (χ1) is 7.83. The van der Waals surface area contributed by atoms with Crippen molar-refractivity contribution in [3.05, 3.63) is 0 Å². The zero-order valence-electron chi connectivity index (χ0n) is 10.6. The van der Waals surface area contributed by atoms with Gasteiger partial charge in [-0.25, -0.2) is 10.6 Å². The third-order valence-corrected chi connectivity index (χ3v) is 2.70. The van der Waals surface area contributed by atoms with Crippen molar-refractivity contribution in [1.82, 2.24) is 10.7 Å². The van der Waals surface area contributed by atoms with E-state index in [-0.39, 0.29) is 17.9 Å². The lowest BCUT2D eigenvalue weighted by atomic mass is 10.0. The van der Waals surface area contributed by atoms with Gasteiger partial charge in [0.15, 0.2) is 0 Å². The molecule has 1 aliphatic rings. The maximum atomic E-state index is 11.6. The Morgan fingerprint density at radius 1 is 1.29 bits per heavy atom. The predicted molar refractivity (Wildman–Crippen MR) is 62.8 cm³/mol. The molecule has 0 spiro atoms. The molecule has 1 saturated carbocycles. The third-order valence-electron chi connectivity index (χ3n) is 2.70. The number of hydrazine groups is 1. The van der Waals surface area contributed by atoms with Gasteiger partial charge in [-0.15, -0.1) is 0 Å². The number of rotatable bonds is 2. The van der Waals surface area contributed by atoms with Gasteiger partial charge in [0.2, 0.25) is 5.91 Å². The fourth-order valence-electron chi connectivity index (χ4n) is 2.01. The van der Waals surface area contributed by atoms with Crippen molar-refractivity contribution in [2.75, 3.05) is 0 Å². The highest BCUT2D eigenvalue weighted by Crippen LogP contribution is 2.26. The Morgan fingerprint density at radius 2 is 1.94 bits per heavy atom. The molecule has 0 aliphatic heterocycles. The van der Waals surface area contributed by atoms with Crippen LogP contribution in [0, 0.1) is 5.92 Å². The quantitative estimate of drug-likeness (QED) is 0.377. The highest BCUT2D eigenvalue weighted by molar-refractivity contribution is 5.80. The minimum atomic E-state index is -0.533. The van der Waals surface area contributed by atoms with Crippen molar-refractivity contribution in [3.63, 3.8) is 0 Å². The van der Waals surface area contributed by atoms with Crippen LogP contribution in [0.4, 0.5) is 4.79 Å². The summed E-state index contributed by atoms with van der Waals surface area (Å²) < 4.78 is 5.15. The number of hydrogen-bond donors (Lipinski definition) is 3. The molecule has 0 aromatic heterocycles. The Morgan fingerprint density at radius 3 is 2.47 bits per heavy atom. The summed E-state index contributed by atoms with van der Waals surface area (Å²) in [6.45, 7) is 5.39. The lowest BCUT2D eigenvalue weighted by molar-refractivity contribution is -0.125. The van der Waals surface area contributed by atoms with Gasteiger partial charge < -0.3 is 10.1 Å². The van der Waals surface area contributed by atoms with Crippen LogP contribution in [0.2, 0.25) is 0 Å². The molecule has 6 nitrogen and oxygen atoms in total. The lowest BCUT2D eigenvalue weighted by Gasteiger charge is -2.24. The lowest BCUT2D eigenvalue weighted by Crippen LogP contribution is -2.47. The molecule has 2 unspecified atom stereocenters. The molecule has 0 bridgehead atoms. The average molecular weight is 243 g/mol. The molecule has 4 N–H and O–H groups in total. The SMILES string of the molecule is CC(C)(C)OC(=O)NC1CCCC1C(=O)NN. The van der Waals surface area contributed by atoms with Crippen molar-refractivity contribution in [2.45, 2.75) is 51.7 Å². The molecule has 1 rings (SSSR count). The Kier molecular flexibility index (Phi) is 4.34. The molecule has 0 saturated heterocycles. The van der Waals surface area contributed by atoms with Gasteiger partial charge >= 0.3 is 6.09 Å². The van der Waals surface area contributed by atoms with Crippen molar-refractivity contribution in [2.24, 2.45) is 11.8 Å². The van der Waals surface area contributed by atoms with Crippen LogP contribution in [0.5, 0.6) is 0 Å². The van der Waals surface area contributed by atoms with Crippen molar-refractivity contribution in [3.8, 4) is 0 Å². The van der Waals surface area contributed by atoms with E-state index in [0.29, 0.717) is 0 Å². The van der Waals surface area contributed by atoms with E-state index < -0.39 is 11.7 Å². The summed E-state index contributed by atoms with van der Waals surface area (Å²) >= 11 is 0. The summed E-state index contributed by atoms with van der Waals surface area (Å²) in [7, 11) is 0. The maximum Gasteiger partial charge on any atom is 0.407 e. The standard InChI is InChI=1S/C11H21N3O3/c1-11(2,3)17-10(16)13-8-6-4-5-7(8)9(15)14-12/h7-8H,4-6,12H2,1-3H3,(H,13,16)(H,14,15). The molecule has 1 fully saturated rings. The van der Waals surface area contributed by atoms with Gasteiger partial charge in [0.1, 0.15) is 5.60 Å². The molecule has 6 heteroatoms. The van der Waals surface area contributed by atoms with Crippen LogP contribution in [0.1, 0.15) is 40.0 Å². The number of ether oxygens (including phenoxy) is 1. The zero-order valence-corrected chi connectivity index (χ0v) is 10.6. The monoisotopic (exact) mass is 243 g/mol. The smallest absolute Gasteiger partial charge is 0.407 e. The van der Waals surface area contributed by atoms with Crippen LogP contribution < -0.4 is 16.6 Å². The van der Waals surface area contributed by atoms with E-state index in [2.05, 4.69) is 10.7 Å². The van der Waals surface area contributed by atoms with Gasteiger partial charge in [-0.05, 0) is 33.6 Å². The minimum Gasteiger partial charge on any atom is -0.444 e. The minimum absolute atomic E-state index is 0.187. The fourth-order valence-corrected chi connectivity index (χ4v) is 2.01. The molecule has 2 amide bonds. The molecule has 17 heavy (non-hydrogen) atoms. The van der Waals surface area contributed by atoms with E-state index in [0.717, 1.165) is 19.3 Å². The summed E-state index contributed by atoms with van der Waals surface area (Å²) in [5, 5.41) is 2.72. The molecule has 0 aromatic carbocycles. The van der Waals surface area contributed by atoms with Gasteiger partial charge in [0.25, 0.3) is 0 Å². The predicted octanol–water partition coefficient (Wildman–Crippen LogP) is 0.670.